The highest BCUT2D eigenvalue weighted by atomic mass is 16.5. The maximum atomic E-state index is 12.0. The van der Waals surface area contributed by atoms with Gasteiger partial charge in [0.1, 0.15) is 6.04 Å². The zero-order valence-corrected chi connectivity index (χ0v) is 10.7. The van der Waals surface area contributed by atoms with Crippen molar-refractivity contribution in [3.05, 3.63) is 0 Å². The van der Waals surface area contributed by atoms with Gasteiger partial charge in [-0.15, -0.1) is 0 Å². The summed E-state index contributed by atoms with van der Waals surface area (Å²) in [7, 11) is 1.52. The minimum atomic E-state index is -0.982. The van der Waals surface area contributed by atoms with Gasteiger partial charge in [0, 0.05) is 26.1 Å². The Morgan fingerprint density at radius 1 is 1.33 bits per heavy atom. The number of carboxylic acids is 1. The zero-order chi connectivity index (χ0) is 13.1. The summed E-state index contributed by atoms with van der Waals surface area (Å²) in [4.78, 5) is 23.1. The molecule has 0 aliphatic heterocycles. The Labute approximate surface area is 107 Å². The van der Waals surface area contributed by atoms with Gasteiger partial charge >= 0.3 is 5.97 Å². The molecule has 18 heavy (non-hydrogen) atoms. The van der Waals surface area contributed by atoms with E-state index in [0.29, 0.717) is 24.9 Å². The fourth-order valence-electron chi connectivity index (χ4n) is 3.14. The lowest BCUT2D eigenvalue weighted by atomic mass is 10.0. The van der Waals surface area contributed by atoms with Gasteiger partial charge in [0.05, 0.1) is 0 Å². The van der Waals surface area contributed by atoms with Crippen LogP contribution in [-0.4, -0.2) is 36.7 Å². The van der Waals surface area contributed by atoms with Crippen molar-refractivity contribution in [2.24, 2.45) is 17.8 Å². The molecule has 2 aliphatic rings. The summed E-state index contributed by atoms with van der Waals surface area (Å²) in [5, 5.41) is 11.7. The summed E-state index contributed by atoms with van der Waals surface area (Å²) in [6.07, 6.45) is 4.98. The van der Waals surface area contributed by atoms with Crippen molar-refractivity contribution in [1.82, 2.24) is 5.32 Å². The monoisotopic (exact) mass is 255 g/mol. The highest BCUT2D eigenvalue weighted by Gasteiger charge is 2.55. The smallest absolute Gasteiger partial charge is 0.326 e. The lowest BCUT2D eigenvalue weighted by Crippen LogP contribution is -2.42. The van der Waals surface area contributed by atoms with Gasteiger partial charge in [-0.1, -0.05) is 12.8 Å². The molecule has 0 spiro atoms. The Bertz CT molecular complexity index is 319. The van der Waals surface area contributed by atoms with Crippen LogP contribution in [-0.2, 0) is 14.3 Å². The molecule has 5 heteroatoms. The molecule has 2 aliphatic carbocycles. The Balaban J connectivity index is 1.83. The molecular weight excluding hydrogens is 234 g/mol. The number of carboxylic acid groups (broad SMARTS) is 1. The number of aliphatic carboxylic acids is 1. The van der Waals surface area contributed by atoms with Crippen molar-refractivity contribution in [3.8, 4) is 0 Å². The third kappa shape index (κ3) is 2.83. The lowest BCUT2D eigenvalue weighted by molar-refractivity contribution is -0.142. The summed E-state index contributed by atoms with van der Waals surface area (Å²) in [6.45, 7) is 0.342. The summed E-state index contributed by atoms with van der Waals surface area (Å²) < 4.78 is 4.86. The van der Waals surface area contributed by atoms with Crippen LogP contribution in [0.25, 0.3) is 0 Å². The predicted octanol–water partition coefficient (Wildman–Crippen LogP) is 1.03. The van der Waals surface area contributed by atoms with E-state index in [1.165, 1.54) is 20.0 Å². The quantitative estimate of drug-likeness (QED) is 0.743. The fourth-order valence-corrected chi connectivity index (χ4v) is 3.14. The van der Waals surface area contributed by atoms with Crippen molar-refractivity contribution in [3.63, 3.8) is 0 Å². The van der Waals surface area contributed by atoms with Crippen LogP contribution in [0, 0.1) is 17.8 Å². The first-order valence-corrected chi connectivity index (χ1v) is 6.67. The molecule has 0 saturated heterocycles. The predicted molar refractivity (Wildman–Crippen MR) is 65.0 cm³/mol. The first-order chi connectivity index (χ1) is 8.65. The van der Waals surface area contributed by atoms with Crippen LogP contribution in [0.5, 0.6) is 0 Å². The zero-order valence-electron chi connectivity index (χ0n) is 10.7. The van der Waals surface area contributed by atoms with E-state index in [-0.39, 0.29) is 11.8 Å². The van der Waals surface area contributed by atoms with Crippen molar-refractivity contribution in [1.29, 1.82) is 0 Å². The summed E-state index contributed by atoms with van der Waals surface area (Å²) >= 11 is 0. The number of amides is 1. The van der Waals surface area contributed by atoms with E-state index in [0.717, 1.165) is 12.8 Å². The summed E-state index contributed by atoms with van der Waals surface area (Å²) in [6, 6.07) is -0.819. The minimum absolute atomic E-state index is 0.0666. The minimum Gasteiger partial charge on any atom is -0.480 e. The molecular formula is C13H21NO4. The number of rotatable bonds is 6. The maximum absolute atomic E-state index is 12.0. The van der Waals surface area contributed by atoms with E-state index < -0.39 is 12.0 Å². The second kappa shape index (κ2) is 5.69. The number of carbonyl (C=O) groups is 2. The van der Waals surface area contributed by atoms with Crippen molar-refractivity contribution < 1.29 is 19.4 Å². The second-order valence-electron chi connectivity index (χ2n) is 5.32. The largest absolute Gasteiger partial charge is 0.480 e. The molecule has 1 amide bonds. The lowest BCUT2D eigenvalue weighted by Gasteiger charge is -2.14. The third-order valence-electron chi connectivity index (χ3n) is 4.18. The molecule has 0 aromatic carbocycles. The van der Waals surface area contributed by atoms with Gasteiger partial charge in [-0.25, -0.2) is 4.79 Å². The molecule has 2 N–H and O–H groups in total. The van der Waals surface area contributed by atoms with Gasteiger partial charge in [-0.2, -0.15) is 0 Å². The van der Waals surface area contributed by atoms with E-state index in [4.69, 9.17) is 9.84 Å². The number of ether oxygens (including phenoxy) is 1. The number of nitrogens with one attached hydrogen (secondary N) is 1. The fraction of sp³-hybridized carbons (Fsp3) is 0.846. The second-order valence-corrected chi connectivity index (χ2v) is 5.32. The number of methoxy groups -OCH3 is 1. The molecule has 2 rings (SSSR count). The van der Waals surface area contributed by atoms with Gasteiger partial charge in [0.25, 0.3) is 0 Å². The Morgan fingerprint density at radius 3 is 2.44 bits per heavy atom. The van der Waals surface area contributed by atoms with E-state index in [2.05, 4.69) is 5.32 Å². The molecule has 0 aromatic rings. The van der Waals surface area contributed by atoms with Gasteiger partial charge in [-0.3, -0.25) is 4.79 Å². The van der Waals surface area contributed by atoms with Crippen LogP contribution >= 0.6 is 0 Å². The normalized spacial score (nSPS) is 31.3. The first kappa shape index (κ1) is 13.3. The van der Waals surface area contributed by atoms with Crippen LogP contribution in [0.15, 0.2) is 0 Å². The maximum Gasteiger partial charge on any atom is 0.326 e. The SMILES string of the molecule is COCCC(NC(=O)C1C2CCCCC21)C(=O)O. The molecule has 0 bridgehead atoms. The van der Waals surface area contributed by atoms with E-state index in [1.54, 1.807) is 0 Å². The molecule has 102 valence electrons. The molecule has 2 fully saturated rings. The molecule has 3 unspecified atom stereocenters. The van der Waals surface area contributed by atoms with Crippen molar-refractivity contribution in [2.45, 2.75) is 38.1 Å². The average molecular weight is 255 g/mol. The molecule has 2 saturated carbocycles. The van der Waals surface area contributed by atoms with Gasteiger partial charge < -0.3 is 15.2 Å². The topological polar surface area (TPSA) is 75.6 Å². The number of hydrogen-bond acceptors (Lipinski definition) is 3. The average Bonchev–Trinajstić information content (AvgIpc) is 3.08. The molecule has 5 nitrogen and oxygen atoms in total. The van der Waals surface area contributed by atoms with Gasteiger partial charge in [-0.05, 0) is 24.7 Å². The Kier molecular flexibility index (Phi) is 4.22. The Morgan fingerprint density at radius 2 is 1.94 bits per heavy atom. The molecule has 0 aromatic heterocycles. The number of hydrogen-bond donors (Lipinski definition) is 2. The Hall–Kier alpha value is -1.10. The highest BCUT2D eigenvalue weighted by molar-refractivity contribution is 5.87. The molecule has 0 heterocycles. The van der Waals surface area contributed by atoms with E-state index in [9.17, 15) is 9.59 Å². The highest BCUT2D eigenvalue weighted by Crippen LogP contribution is 2.55. The summed E-state index contributed by atoms with van der Waals surface area (Å²) in [5.41, 5.74) is 0. The standard InChI is InChI=1S/C13H21NO4/c1-18-7-6-10(13(16)17)14-12(15)11-8-4-2-3-5-9(8)11/h8-11H,2-7H2,1H3,(H,14,15)(H,16,17). The first-order valence-electron chi connectivity index (χ1n) is 6.67. The third-order valence-corrected chi connectivity index (χ3v) is 4.18. The van der Waals surface area contributed by atoms with E-state index in [1.807, 2.05) is 0 Å². The van der Waals surface area contributed by atoms with Crippen LogP contribution in [0.4, 0.5) is 0 Å². The molecule has 3 atom stereocenters. The van der Waals surface area contributed by atoms with Crippen molar-refractivity contribution in [2.75, 3.05) is 13.7 Å². The van der Waals surface area contributed by atoms with Crippen LogP contribution in [0.1, 0.15) is 32.1 Å². The number of fused-ring (bicyclic) bond motifs is 1. The van der Waals surface area contributed by atoms with Crippen LogP contribution in [0.2, 0.25) is 0 Å². The van der Waals surface area contributed by atoms with Crippen LogP contribution < -0.4 is 5.32 Å². The number of carbonyl (C=O) groups excluding carboxylic acids is 1. The molecule has 0 radical (unpaired) electrons. The summed E-state index contributed by atoms with van der Waals surface area (Å²) in [5.74, 6) is 0.0301. The van der Waals surface area contributed by atoms with Gasteiger partial charge in [0.2, 0.25) is 5.91 Å². The van der Waals surface area contributed by atoms with Crippen molar-refractivity contribution >= 4 is 11.9 Å². The van der Waals surface area contributed by atoms with Crippen LogP contribution in [0.3, 0.4) is 0 Å². The van der Waals surface area contributed by atoms with Gasteiger partial charge in [0.15, 0.2) is 0 Å². The van der Waals surface area contributed by atoms with E-state index >= 15 is 0 Å².